The Morgan fingerprint density at radius 2 is 1.66 bits per heavy atom. The van der Waals surface area contributed by atoms with E-state index in [0.29, 0.717) is 11.3 Å². The molecule has 0 N–H and O–H groups in total. The van der Waals surface area contributed by atoms with E-state index in [1.165, 1.54) is 18.1 Å². The molecule has 3 rings (SSSR count). The van der Waals surface area contributed by atoms with Crippen molar-refractivity contribution < 1.29 is 27.5 Å². The average molecular weight is 570 g/mol. The highest BCUT2D eigenvalue weighted by molar-refractivity contribution is 6.53. The van der Waals surface area contributed by atoms with Crippen LogP contribution in [-0.2, 0) is 40.1 Å². The third-order valence-electron chi connectivity index (χ3n) is 5.84. The first-order chi connectivity index (χ1) is 18.1. The summed E-state index contributed by atoms with van der Waals surface area (Å²) in [6.45, 7) is 0.667. The normalized spacial score (nSPS) is 11.6. The van der Waals surface area contributed by atoms with Crippen LogP contribution in [0.2, 0.25) is 0 Å². The Labute approximate surface area is 229 Å². The minimum atomic E-state index is -4.44. The summed E-state index contributed by atoms with van der Waals surface area (Å²) in [5, 5.41) is 0. The van der Waals surface area contributed by atoms with Crippen LogP contribution in [-0.4, -0.2) is 57.8 Å². The van der Waals surface area contributed by atoms with Crippen molar-refractivity contribution in [2.24, 2.45) is 0 Å². The van der Waals surface area contributed by atoms with Gasteiger partial charge in [0.05, 0.1) is 25.3 Å². The van der Waals surface area contributed by atoms with Crippen LogP contribution in [0.1, 0.15) is 22.4 Å². The first-order valence-corrected chi connectivity index (χ1v) is 12.6. The molecule has 3 aromatic rings. The van der Waals surface area contributed by atoms with Crippen molar-refractivity contribution in [3.05, 3.63) is 95.3 Å². The highest BCUT2D eigenvalue weighted by Crippen LogP contribution is 2.29. The number of carbonyl (C=O) groups is 2. The molecule has 2 amide bonds. The molecule has 0 bridgehead atoms. The van der Waals surface area contributed by atoms with Gasteiger partial charge >= 0.3 is 6.18 Å². The van der Waals surface area contributed by atoms with E-state index in [2.05, 4.69) is 0 Å². The molecule has 11 heteroatoms. The molecule has 204 valence electrons. The molecule has 0 radical (unpaired) electrons. The Morgan fingerprint density at radius 1 is 0.947 bits per heavy atom. The Balaban J connectivity index is 1.84. The van der Waals surface area contributed by atoms with Crippen LogP contribution >= 0.6 is 23.2 Å². The number of aromatic nitrogens is 1. The van der Waals surface area contributed by atoms with Crippen LogP contribution in [0.15, 0.2) is 72.9 Å². The maximum absolute atomic E-state index is 13.5. The van der Waals surface area contributed by atoms with Gasteiger partial charge in [-0.2, -0.15) is 13.2 Å². The monoisotopic (exact) mass is 569 g/mol. The molecule has 0 saturated heterocycles. The molecule has 0 saturated carbocycles. The van der Waals surface area contributed by atoms with Gasteiger partial charge in [-0.25, -0.2) is 0 Å². The molecule has 0 aliphatic heterocycles. The zero-order valence-corrected chi connectivity index (χ0v) is 22.2. The fourth-order valence-electron chi connectivity index (χ4n) is 3.89. The summed E-state index contributed by atoms with van der Waals surface area (Å²) in [4.78, 5) is 27.5. The first-order valence-electron chi connectivity index (χ1n) is 11.8. The quantitative estimate of drug-likeness (QED) is 0.276. The van der Waals surface area contributed by atoms with Crippen LogP contribution in [0.3, 0.4) is 0 Å². The van der Waals surface area contributed by atoms with Gasteiger partial charge in [-0.1, -0.05) is 65.7 Å². The maximum Gasteiger partial charge on any atom is 0.416 e. The molecular formula is C27H28Cl2F3N3O3. The molecule has 2 aromatic carbocycles. The topological polar surface area (TPSA) is 54.8 Å². The number of hydrogen-bond donors (Lipinski definition) is 0. The van der Waals surface area contributed by atoms with Crippen LogP contribution in [0.25, 0.3) is 0 Å². The minimum absolute atomic E-state index is 0.127. The Morgan fingerprint density at radius 3 is 2.32 bits per heavy atom. The maximum atomic E-state index is 13.5. The van der Waals surface area contributed by atoms with Crippen molar-refractivity contribution in [2.75, 3.05) is 26.8 Å². The lowest BCUT2D eigenvalue weighted by molar-refractivity contribution is -0.141. The number of carbonyl (C=O) groups excluding carboxylic acids is 2. The summed E-state index contributed by atoms with van der Waals surface area (Å²) in [6, 6.07) is 18.1. The smallest absolute Gasteiger partial charge is 0.383 e. The Bertz CT molecular complexity index is 1200. The largest absolute Gasteiger partial charge is 0.416 e. The van der Waals surface area contributed by atoms with E-state index in [9.17, 15) is 22.8 Å². The standard InChI is InChI=1S/C27H28Cl2F3N3O3/c1-38-14-13-34(26(37)25(28)29)19-24(36)35(16-20-7-3-2-4-8-20)18-23-11-6-12-33(23)17-21-9-5-10-22(15-21)27(30,31)32/h2-12,15,25H,13-14,16-19H2,1H3. The van der Waals surface area contributed by atoms with Gasteiger partial charge in [-0.05, 0) is 35.4 Å². The molecule has 0 aliphatic carbocycles. The van der Waals surface area contributed by atoms with Gasteiger partial charge in [0, 0.05) is 38.6 Å². The number of benzene rings is 2. The molecule has 0 unspecified atom stereocenters. The second-order valence-corrected chi connectivity index (χ2v) is 9.71. The van der Waals surface area contributed by atoms with Crippen LogP contribution < -0.4 is 0 Å². The average Bonchev–Trinajstić information content (AvgIpc) is 3.32. The molecule has 38 heavy (non-hydrogen) atoms. The lowest BCUT2D eigenvalue weighted by Crippen LogP contribution is -2.45. The van der Waals surface area contributed by atoms with Gasteiger partial charge in [-0.15, -0.1) is 0 Å². The number of amides is 2. The number of methoxy groups -OCH3 is 1. The van der Waals surface area contributed by atoms with Crippen LogP contribution in [0.5, 0.6) is 0 Å². The SMILES string of the molecule is COCCN(CC(=O)N(Cc1ccccc1)Cc1cccn1Cc1cccc(C(F)(F)F)c1)C(=O)C(Cl)Cl. The summed E-state index contributed by atoms with van der Waals surface area (Å²) in [5.41, 5.74) is 1.35. The van der Waals surface area contributed by atoms with Gasteiger partial charge in [0.15, 0.2) is 4.84 Å². The fourth-order valence-corrected chi connectivity index (χ4v) is 4.17. The second-order valence-electron chi connectivity index (χ2n) is 8.61. The first kappa shape index (κ1) is 29.5. The van der Waals surface area contributed by atoms with Crippen LogP contribution in [0.4, 0.5) is 13.2 Å². The van der Waals surface area contributed by atoms with E-state index in [1.54, 1.807) is 33.9 Å². The van der Waals surface area contributed by atoms with Crippen molar-refractivity contribution in [1.29, 1.82) is 0 Å². The Kier molecular flexibility index (Phi) is 10.6. The van der Waals surface area contributed by atoms with Crippen molar-refractivity contribution in [3.63, 3.8) is 0 Å². The van der Waals surface area contributed by atoms with Gasteiger partial charge in [-0.3, -0.25) is 9.59 Å². The van der Waals surface area contributed by atoms with E-state index >= 15 is 0 Å². The molecule has 0 spiro atoms. The fraction of sp³-hybridized carbons (Fsp3) is 0.333. The summed E-state index contributed by atoms with van der Waals surface area (Å²) >= 11 is 11.6. The van der Waals surface area contributed by atoms with Gasteiger partial charge < -0.3 is 19.1 Å². The van der Waals surface area contributed by atoms with Crippen molar-refractivity contribution in [3.8, 4) is 0 Å². The summed E-state index contributed by atoms with van der Waals surface area (Å²) in [6.07, 6.45) is -2.69. The molecular weight excluding hydrogens is 542 g/mol. The van der Waals surface area contributed by atoms with E-state index in [4.69, 9.17) is 27.9 Å². The summed E-state index contributed by atoms with van der Waals surface area (Å²) in [7, 11) is 1.48. The number of hydrogen-bond acceptors (Lipinski definition) is 3. The molecule has 1 heterocycles. The number of rotatable bonds is 12. The highest BCUT2D eigenvalue weighted by atomic mass is 35.5. The van der Waals surface area contributed by atoms with E-state index in [0.717, 1.165) is 17.7 Å². The van der Waals surface area contributed by atoms with Gasteiger partial charge in [0.2, 0.25) is 5.91 Å². The Hall–Kier alpha value is -3.01. The lowest BCUT2D eigenvalue weighted by Gasteiger charge is -2.28. The molecule has 1 aromatic heterocycles. The number of nitrogens with zero attached hydrogens (tertiary/aromatic N) is 3. The third kappa shape index (κ3) is 8.51. The molecule has 0 atom stereocenters. The highest BCUT2D eigenvalue weighted by Gasteiger charge is 2.30. The molecule has 0 aliphatic rings. The number of alkyl halides is 5. The minimum Gasteiger partial charge on any atom is -0.383 e. The van der Waals surface area contributed by atoms with Crippen molar-refractivity contribution in [2.45, 2.75) is 30.6 Å². The predicted octanol–water partition coefficient (Wildman–Crippen LogP) is 5.36. The number of ether oxygens (including phenoxy) is 1. The predicted molar refractivity (Wildman–Crippen MR) is 140 cm³/mol. The molecule has 6 nitrogen and oxygen atoms in total. The zero-order chi connectivity index (χ0) is 27.7. The lowest BCUT2D eigenvalue weighted by atomic mass is 10.1. The van der Waals surface area contributed by atoms with Gasteiger partial charge in [0.25, 0.3) is 5.91 Å². The van der Waals surface area contributed by atoms with E-state index in [1.807, 2.05) is 30.3 Å². The molecule has 0 fully saturated rings. The van der Waals surface area contributed by atoms with Gasteiger partial charge in [0.1, 0.15) is 0 Å². The number of halogens is 5. The van der Waals surface area contributed by atoms with E-state index < -0.39 is 22.5 Å². The van der Waals surface area contributed by atoms with Crippen molar-refractivity contribution in [1.82, 2.24) is 14.4 Å². The third-order valence-corrected chi connectivity index (χ3v) is 6.22. The summed E-state index contributed by atoms with van der Waals surface area (Å²) in [5.74, 6) is -0.953. The summed E-state index contributed by atoms with van der Waals surface area (Å²) < 4.78 is 46.4. The van der Waals surface area contributed by atoms with Crippen molar-refractivity contribution >= 4 is 35.0 Å². The van der Waals surface area contributed by atoms with Crippen LogP contribution in [0, 0.1) is 0 Å². The second kappa shape index (κ2) is 13.7. The van der Waals surface area contributed by atoms with E-state index in [-0.39, 0.29) is 45.2 Å². The zero-order valence-electron chi connectivity index (χ0n) is 20.7.